The second kappa shape index (κ2) is 4.87. The van der Waals surface area contributed by atoms with Crippen LogP contribution in [-0.4, -0.2) is 29.3 Å². The molecule has 1 N–H and O–H groups in total. The van der Waals surface area contributed by atoms with Crippen LogP contribution in [0.15, 0.2) is 12.4 Å². The number of nitrogens with zero attached hydrogens (tertiary/aromatic N) is 2. The molecule has 1 aromatic heterocycles. The molecule has 0 bridgehead atoms. The highest BCUT2D eigenvalue weighted by atomic mass is 16.5. The normalized spacial score (nSPS) is 10.8. The van der Waals surface area contributed by atoms with E-state index in [0.717, 1.165) is 19.1 Å². The number of hydrogen-bond acceptors (Lipinski definition) is 3. The Hall–Kier alpha value is -1.03. The van der Waals surface area contributed by atoms with Gasteiger partial charge in [0.2, 0.25) is 5.95 Å². The molecule has 0 unspecified atom stereocenters. The molecule has 1 rings (SSSR count). The van der Waals surface area contributed by atoms with Crippen molar-refractivity contribution < 1.29 is 4.74 Å². The number of ether oxygens (including phenoxy) is 1. The highest BCUT2D eigenvalue weighted by Gasteiger charge is 1.99. The lowest BCUT2D eigenvalue weighted by Gasteiger charge is -2.09. The Morgan fingerprint density at radius 2 is 2.38 bits per heavy atom. The van der Waals surface area contributed by atoms with Crippen LogP contribution in [0, 0.1) is 0 Å². The maximum Gasteiger partial charge on any atom is 0.202 e. The van der Waals surface area contributed by atoms with Crippen LogP contribution in [0.1, 0.15) is 13.8 Å². The number of imidazole rings is 1. The minimum atomic E-state index is 0.293. The summed E-state index contributed by atoms with van der Waals surface area (Å²) in [6.45, 7) is 5.64. The summed E-state index contributed by atoms with van der Waals surface area (Å²) in [7, 11) is 1.86. The standard InChI is InChI=1S/C9H17N3O/c1-8(2)13-7-6-12-5-4-11-9(12)10-3/h4-5,8H,6-7H2,1-3H3,(H,10,11). The summed E-state index contributed by atoms with van der Waals surface area (Å²) in [4.78, 5) is 4.13. The number of aromatic nitrogens is 2. The molecule has 4 heteroatoms. The van der Waals surface area contributed by atoms with Gasteiger partial charge in [0.1, 0.15) is 0 Å². The Morgan fingerprint density at radius 3 is 3.00 bits per heavy atom. The molecule has 0 fully saturated rings. The van der Waals surface area contributed by atoms with Crippen LogP contribution in [0.2, 0.25) is 0 Å². The van der Waals surface area contributed by atoms with Crippen LogP contribution in [0.4, 0.5) is 5.95 Å². The molecule has 0 radical (unpaired) electrons. The van der Waals surface area contributed by atoms with Gasteiger partial charge in [-0.25, -0.2) is 4.98 Å². The first-order chi connectivity index (χ1) is 6.24. The van der Waals surface area contributed by atoms with Crippen molar-refractivity contribution in [3.63, 3.8) is 0 Å². The molecular weight excluding hydrogens is 166 g/mol. The monoisotopic (exact) mass is 183 g/mol. The second-order valence-electron chi connectivity index (χ2n) is 3.11. The predicted molar refractivity (Wildman–Crippen MR) is 52.9 cm³/mol. The van der Waals surface area contributed by atoms with E-state index in [2.05, 4.69) is 10.3 Å². The predicted octanol–water partition coefficient (Wildman–Crippen LogP) is 1.35. The molecule has 0 saturated carbocycles. The van der Waals surface area contributed by atoms with E-state index >= 15 is 0 Å². The third-order valence-electron chi connectivity index (χ3n) is 1.72. The SMILES string of the molecule is CNc1nccn1CCOC(C)C. The first-order valence-electron chi connectivity index (χ1n) is 4.54. The van der Waals surface area contributed by atoms with Crippen LogP contribution in [0.25, 0.3) is 0 Å². The van der Waals surface area contributed by atoms with Crippen LogP contribution in [0.5, 0.6) is 0 Å². The summed E-state index contributed by atoms with van der Waals surface area (Å²) < 4.78 is 7.47. The van der Waals surface area contributed by atoms with Gasteiger partial charge < -0.3 is 14.6 Å². The van der Waals surface area contributed by atoms with Crippen molar-refractivity contribution in [2.45, 2.75) is 26.5 Å². The van der Waals surface area contributed by atoms with E-state index in [1.54, 1.807) is 6.20 Å². The van der Waals surface area contributed by atoms with Crippen LogP contribution < -0.4 is 5.32 Å². The summed E-state index contributed by atoms with van der Waals surface area (Å²) in [6, 6.07) is 0. The summed E-state index contributed by atoms with van der Waals surface area (Å²) >= 11 is 0. The Morgan fingerprint density at radius 1 is 1.62 bits per heavy atom. The van der Waals surface area contributed by atoms with Gasteiger partial charge >= 0.3 is 0 Å². The van der Waals surface area contributed by atoms with Crippen LogP contribution >= 0.6 is 0 Å². The van der Waals surface area contributed by atoms with Gasteiger partial charge in [0.15, 0.2) is 0 Å². The highest BCUT2D eigenvalue weighted by molar-refractivity contribution is 5.23. The zero-order chi connectivity index (χ0) is 9.68. The van der Waals surface area contributed by atoms with Crippen molar-refractivity contribution in [3.8, 4) is 0 Å². The third kappa shape index (κ3) is 3.06. The molecule has 74 valence electrons. The Kier molecular flexibility index (Phi) is 3.76. The van der Waals surface area contributed by atoms with Crippen molar-refractivity contribution in [1.29, 1.82) is 0 Å². The number of nitrogens with one attached hydrogen (secondary N) is 1. The van der Waals surface area contributed by atoms with Gasteiger partial charge in [-0.1, -0.05) is 0 Å². The molecule has 0 aromatic carbocycles. The zero-order valence-electron chi connectivity index (χ0n) is 8.45. The van der Waals surface area contributed by atoms with Gasteiger partial charge in [-0.15, -0.1) is 0 Å². The lowest BCUT2D eigenvalue weighted by atomic mass is 10.5. The van der Waals surface area contributed by atoms with E-state index in [4.69, 9.17) is 4.74 Å². The van der Waals surface area contributed by atoms with Crippen molar-refractivity contribution in [3.05, 3.63) is 12.4 Å². The van der Waals surface area contributed by atoms with Crippen molar-refractivity contribution >= 4 is 5.95 Å². The Bertz CT molecular complexity index is 245. The van der Waals surface area contributed by atoms with E-state index in [1.807, 2.05) is 31.7 Å². The first kappa shape index (κ1) is 10.1. The van der Waals surface area contributed by atoms with E-state index in [-0.39, 0.29) is 0 Å². The quantitative estimate of drug-likeness (QED) is 0.749. The smallest absolute Gasteiger partial charge is 0.202 e. The van der Waals surface area contributed by atoms with E-state index in [1.165, 1.54) is 0 Å². The van der Waals surface area contributed by atoms with Gasteiger partial charge in [0.25, 0.3) is 0 Å². The average Bonchev–Trinajstić information content (AvgIpc) is 2.51. The van der Waals surface area contributed by atoms with Gasteiger partial charge in [-0.3, -0.25) is 0 Å². The highest BCUT2D eigenvalue weighted by Crippen LogP contribution is 2.02. The third-order valence-corrected chi connectivity index (χ3v) is 1.72. The maximum atomic E-state index is 5.44. The fraction of sp³-hybridized carbons (Fsp3) is 0.667. The topological polar surface area (TPSA) is 39.1 Å². The van der Waals surface area contributed by atoms with Gasteiger partial charge in [-0.05, 0) is 13.8 Å². The average molecular weight is 183 g/mol. The van der Waals surface area contributed by atoms with E-state index in [0.29, 0.717) is 6.10 Å². The van der Waals surface area contributed by atoms with Crippen molar-refractivity contribution in [2.24, 2.45) is 0 Å². The molecular formula is C9H17N3O. The number of hydrogen-bond donors (Lipinski definition) is 1. The minimum Gasteiger partial charge on any atom is -0.377 e. The van der Waals surface area contributed by atoms with E-state index < -0.39 is 0 Å². The van der Waals surface area contributed by atoms with Crippen LogP contribution in [-0.2, 0) is 11.3 Å². The molecule has 0 saturated heterocycles. The maximum absolute atomic E-state index is 5.44. The Labute approximate surface area is 78.9 Å². The second-order valence-corrected chi connectivity index (χ2v) is 3.11. The fourth-order valence-electron chi connectivity index (χ4n) is 1.10. The van der Waals surface area contributed by atoms with Gasteiger partial charge in [-0.2, -0.15) is 0 Å². The lowest BCUT2D eigenvalue weighted by Crippen LogP contribution is -2.11. The largest absolute Gasteiger partial charge is 0.377 e. The molecule has 0 amide bonds. The summed E-state index contributed by atoms with van der Waals surface area (Å²) in [5.41, 5.74) is 0. The number of rotatable bonds is 5. The molecule has 4 nitrogen and oxygen atoms in total. The zero-order valence-corrected chi connectivity index (χ0v) is 8.45. The van der Waals surface area contributed by atoms with Crippen molar-refractivity contribution in [2.75, 3.05) is 19.0 Å². The first-order valence-corrected chi connectivity index (χ1v) is 4.54. The molecule has 13 heavy (non-hydrogen) atoms. The fourth-order valence-corrected chi connectivity index (χ4v) is 1.10. The molecule has 0 spiro atoms. The lowest BCUT2D eigenvalue weighted by molar-refractivity contribution is 0.0730. The van der Waals surface area contributed by atoms with Crippen LogP contribution in [0.3, 0.4) is 0 Å². The number of anilines is 1. The molecule has 0 atom stereocenters. The summed E-state index contributed by atoms with van der Waals surface area (Å²) in [6.07, 6.45) is 4.01. The molecule has 0 aliphatic carbocycles. The van der Waals surface area contributed by atoms with Gasteiger partial charge in [0.05, 0.1) is 12.7 Å². The minimum absolute atomic E-state index is 0.293. The molecule has 0 aliphatic rings. The molecule has 1 heterocycles. The van der Waals surface area contributed by atoms with E-state index in [9.17, 15) is 0 Å². The van der Waals surface area contributed by atoms with Crippen molar-refractivity contribution in [1.82, 2.24) is 9.55 Å². The summed E-state index contributed by atoms with van der Waals surface area (Å²) in [5, 5.41) is 3.01. The molecule has 0 aliphatic heterocycles. The Balaban J connectivity index is 2.36. The molecule has 1 aromatic rings. The van der Waals surface area contributed by atoms with Gasteiger partial charge in [0, 0.05) is 26.0 Å². The summed E-state index contributed by atoms with van der Waals surface area (Å²) in [5.74, 6) is 0.882.